The van der Waals surface area contributed by atoms with Gasteiger partial charge in [0.05, 0.1) is 9.52 Å². The van der Waals surface area contributed by atoms with Gasteiger partial charge in [0, 0.05) is 0 Å². The molecule has 0 atom stereocenters. The van der Waals surface area contributed by atoms with Crippen molar-refractivity contribution in [2.24, 2.45) is 0 Å². The minimum absolute atomic E-state index is 0.409. The van der Waals surface area contributed by atoms with Crippen LogP contribution in [0, 0.1) is 0 Å². The Balaban J connectivity index is 2.38. The average Bonchev–Trinajstić information content (AvgIpc) is 2.60. The number of benzene rings is 2. The van der Waals surface area contributed by atoms with Gasteiger partial charge in [-0.3, -0.25) is 0 Å². The van der Waals surface area contributed by atoms with E-state index in [2.05, 4.69) is 64.1 Å². The molecule has 0 aliphatic heterocycles. The second-order valence-electron chi connectivity index (χ2n) is 7.38. The normalized spacial score (nSPS) is 11.0. The molecule has 0 nitrogen and oxygen atoms in total. The van der Waals surface area contributed by atoms with Gasteiger partial charge in [0.2, 0.25) is 0 Å². The summed E-state index contributed by atoms with van der Waals surface area (Å²) in [6, 6.07) is 14.7. The zero-order valence-corrected chi connectivity index (χ0v) is 18.2. The van der Waals surface area contributed by atoms with Crippen LogP contribution in [0.25, 0.3) is 0 Å². The maximum absolute atomic E-state index is 2.54. The first-order chi connectivity index (χ1) is 12.2. The highest BCUT2D eigenvalue weighted by Gasteiger charge is 2.10. The largest absolute Gasteiger partial charge is 0.0882 e. The zero-order chi connectivity index (χ0) is 18.1. The van der Waals surface area contributed by atoms with E-state index in [-0.39, 0.29) is 0 Å². The van der Waals surface area contributed by atoms with E-state index in [4.69, 9.17) is 0 Å². The van der Waals surface area contributed by atoms with Crippen LogP contribution in [-0.4, -0.2) is 9.52 Å². The quantitative estimate of drug-likeness (QED) is 0.548. The molecule has 2 aromatic carbocycles. The van der Waals surface area contributed by atoms with E-state index in [1.54, 1.807) is 21.5 Å². The summed E-state index contributed by atoms with van der Waals surface area (Å²) in [5.41, 5.74) is 6.29. The van der Waals surface area contributed by atoms with Crippen LogP contribution in [0.4, 0.5) is 0 Å². The lowest BCUT2D eigenvalue weighted by atomic mass is 10.0. The highest BCUT2D eigenvalue weighted by Crippen LogP contribution is 2.10. The maximum atomic E-state index is 2.54. The standard InChI is InChI=1S/C24H36Si/c1-5-9-19-13-15-21(11-7-3)23(17-19)25-24-18-20(10-6-2)14-16-22(24)12-8-4/h13-18H,5-12,25H2,1-4H3. The number of rotatable bonds is 10. The lowest BCUT2D eigenvalue weighted by molar-refractivity contribution is 0.907. The summed E-state index contributed by atoms with van der Waals surface area (Å²) in [4.78, 5) is 0. The van der Waals surface area contributed by atoms with Crippen LogP contribution in [-0.2, 0) is 25.7 Å². The number of hydrogen-bond acceptors (Lipinski definition) is 0. The molecule has 0 bridgehead atoms. The predicted octanol–water partition coefficient (Wildman–Crippen LogP) is 4.62. The molecule has 0 N–H and O–H groups in total. The summed E-state index contributed by atoms with van der Waals surface area (Å²) in [5.74, 6) is 0. The van der Waals surface area contributed by atoms with Crippen molar-refractivity contribution in [2.45, 2.75) is 79.1 Å². The highest BCUT2D eigenvalue weighted by molar-refractivity contribution is 6.68. The van der Waals surface area contributed by atoms with Gasteiger partial charge < -0.3 is 0 Å². The average molecular weight is 353 g/mol. The lowest BCUT2D eigenvalue weighted by Crippen LogP contribution is -2.33. The van der Waals surface area contributed by atoms with E-state index in [0.717, 1.165) is 0 Å². The SMILES string of the molecule is CCCc1ccc(CCC)c([SiH2]c2cc(CCC)ccc2CCC)c1. The van der Waals surface area contributed by atoms with Crippen molar-refractivity contribution in [3.8, 4) is 0 Å². The Hall–Kier alpha value is -1.34. The van der Waals surface area contributed by atoms with Crippen molar-refractivity contribution >= 4 is 19.9 Å². The first kappa shape index (κ1) is 20.0. The molecule has 0 aliphatic carbocycles. The van der Waals surface area contributed by atoms with Crippen molar-refractivity contribution in [2.75, 3.05) is 0 Å². The lowest BCUT2D eigenvalue weighted by Gasteiger charge is -2.15. The van der Waals surface area contributed by atoms with Crippen LogP contribution >= 0.6 is 0 Å². The molecule has 0 saturated heterocycles. The van der Waals surface area contributed by atoms with Gasteiger partial charge in [0.15, 0.2) is 0 Å². The Kier molecular flexibility index (Phi) is 8.47. The number of aryl methyl sites for hydroxylation is 4. The van der Waals surface area contributed by atoms with Crippen molar-refractivity contribution in [3.63, 3.8) is 0 Å². The van der Waals surface area contributed by atoms with E-state index in [1.165, 1.54) is 62.5 Å². The second-order valence-corrected chi connectivity index (χ2v) is 9.26. The van der Waals surface area contributed by atoms with Crippen LogP contribution < -0.4 is 10.4 Å². The van der Waals surface area contributed by atoms with E-state index >= 15 is 0 Å². The van der Waals surface area contributed by atoms with Gasteiger partial charge in [0.25, 0.3) is 0 Å². The van der Waals surface area contributed by atoms with Gasteiger partial charge in [0.1, 0.15) is 0 Å². The molecule has 0 spiro atoms. The fourth-order valence-corrected chi connectivity index (χ4v) is 5.99. The summed E-state index contributed by atoms with van der Waals surface area (Å²) < 4.78 is 0. The first-order valence-corrected chi connectivity index (χ1v) is 11.8. The third kappa shape index (κ3) is 5.85. The minimum atomic E-state index is -0.409. The third-order valence-electron chi connectivity index (χ3n) is 5.04. The third-order valence-corrected chi connectivity index (χ3v) is 7.12. The Morgan fingerprint density at radius 3 is 1.32 bits per heavy atom. The molecule has 25 heavy (non-hydrogen) atoms. The summed E-state index contributed by atoms with van der Waals surface area (Å²) in [6.45, 7) is 9.17. The Labute approximate surface area is 157 Å². The zero-order valence-electron chi connectivity index (χ0n) is 16.8. The van der Waals surface area contributed by atoms with E-state index in [1.807, 2.05) is 0 Å². The molecule has 0 amide bonds. The van der Waals surface area contributed by atoms with Crippen LogP contribution in [0.3, 0.4) is 0 Å². The van der Waals surface area contributed by atoms with Crippen molar-refractivity contribution < 1.29 is 0 Å². The van der Waals surface area contributed by atoms with Gasteiger partial charge in [-0.25, -0.2) is 0 Å². The summed E-state index contributed by atoms with van der Waals surface area (Å²) in [7, 11) is -0.409. The van der Waals surface area contributed by atoms with Crippen molar-refractivity contribution in [3.05, 3.63) is 58.7 Å². The molecule has 0 radical (unpaired) electrons. The van der Waals surface area contributed by atoms with Gasteiger partial charge >= 0.3 is 0 Å². The van der Waals surface area contributed by atoms with E-state index in [0.29, 0.717) is 0 Å². The van der Waals surface area contributed by atoms with E-state index in [9.17, 15) is 0 Å². The van der Waals surface area contributed by atoms with Gasteiger partial charge in [-0.1, -0.05) is 100 Å². The predicted molar refractivity (Wildman–Crippen MR) is 117 cm³/mol. The first-order valence-electron chi connectivity index (χ1n) is 10.4. The maximum Gasteiger partial charge on any atom is 0.0882 e. The monoisotopic (exact) mass is 352 g/mol. The molecule has 0 saturated carbocycles. The molecule has 0 unspecified atom stereocenters. The van der Waals surface area contributed by atoms with E-state index < -0.39 is 9.52 Å². The summed E-state index contributed by atoms with van der Waals surface area (Å²) in [6.07, 6.45) is 9.84. The van der Waals surface area contributed by atoms with Gasteiger partial charge in [-0.15, -0.1) is 0 Å². The smallest absolute Gasteiger partial charge is 0.0651 e. The molecular weight excluding hydrogens is 316 g/mol. The molecule has 0 heterocycles. The molecular formula is C24H36Si. The number of hydrogen-bond donors (Lipinski definition) is 0. The molecule has 0 aliphatic rings. The minimum Gasteiger partial charge on any atom is -0.0651 e. The van der Waals surface area contributed by atoms with Crippen LogP contribution in [0.2, 0.25) is 0 Å². The molecule has 2 rings (SSSR count). The molecule has 1 heteroatoms. The molecule has 0 fully saturated rings. The second kappa shape index (κ2) is 10.6. The Morgan fingerprint density at radius 1 is 0.560 bits per heavy atom. The Bertz CT molecular complexity index is 600. The van der Waals surface area contributed by atoms with Gasteiger partial charge in [-0.05, 0) is 47.9 Å². The topological polar surface area (TPSA) is 0 Å². The molecule has 0 aromatic heterocycles. The Morgan fingerprint density at radius 2 is 0.960 bits per heavy atom. The van der Waals surface area contributed by atoms with Crippen LogP contribution in [0.15, 0.2) is 36.4 Å². The summed E-state index contributed by atoms with van der Waals surface area (Å²) in [5, 5.41) is 3.39. The molecule has 136 valence electrons. The fraction of sp³-hybridized carbons (Fsp3) is 0.500. The summed E-state index contributed by atoms with van der Waals surface area (Å²) >= 11 is 0. The molecule has 2 aromatic rings. The van der Waals surface area contributed by atoms with Gasteiger partial charge in [-0.2, -0.15) is 0 Å². The van der Waals surface area contributed by atoms with Crippen LogP contribution in [0.5, 0.6) is 0 Å². The fourth-order valence-electron chi connectivity index (χ4n) is 3.81. The van der Waals surface area contributed by atoms with Crippen molar-refractivity contribution in [1.82, 2.24) is 0 Å². The highest BCUT2D eigenvalue weighted by atomic mass is 28.2. The van der Waals surface area contributed by atoms with Crippen molar-refractivity contribution in [1.29, 1.82) is 0 Å². The van der Waals surface area contributed by atoms with Crippen LogP contribution in [0.1, 0.15) is 75.6 Å².